The molecule has 2 aromatic carbocycles. The number of para-hydroxylation sites is 2. The largest absolute Gasteiger partial charge is 0.460 e. The molecule has 1 unspecified atom stereocenters. The van der Waals surface area contributed by atoms with E-state index in [0.717, 1.165) is 38.9 Å². The first kappa shape index (κ1) is 20.1. The molecule has 5 aromatic rings. The summed E-state index contributed by atoms with van der Waals surface area (Å²) in [6.07, 6.45) is 6.68. The Morgan fingerprint density at radius 2 is 1.97 bits per heavy atom. The van der Waals surface area contributed by atoms with Crippen molar-refractivity contribution in [2.24, 2.45) is 0 Å². The Bertz CT molecular complexity index is 1290. The smallest absolute Gasteiger partial charge is 0.237 e. The summed E-state index contributed by atoms with van der Waals surface area (Å²) in [6.45, 7) is 1.01. The topological polar surface area (TPSA) is 98.7 Å². The number of nitrogens with zero attached hydrogens (tertiary/aromatic N) is 1. The zero-order valence-electron chi connectivity index (χ0n) is 17.6. The molecular weight excluding hydrogens is 402 g/mol. The van der Waals surface area contributed by atoms with Gasteiger partial charge in [0.25, 0.3) is 0 Å². The Hall–Kier alpha value is -3.84. The van der Waals surface area contributed by atoms with E-state index in [9.17, 15) is 4.79 Å². The Balaban J connectivity index is 1.30. The zero-order chi connectivity index (χ0) is 21.8. The van der Waals surface area contributed by atoms with Gasteiger partial charge in [0.05, 0.1) is 18.9 Å². The van der Waals surface area contributed by atoms with Gasteiger partial charge in [0.1, 0.15) is 11.3 Å². The molecule has 0 saturated heterocycles. The number of carbonyl (C=O) groups is 1. The van der Waals surface area contributed by atoms with Gasteiger partial charge in [-0.25, -0.2) is 4.98 Å². The summed E-state index contributed by atoms with van der Waals surface area (Å²) in [6, 6.07) is 17.7. The van der Waals surface area contributed by atoms with Crippen molar-refractivity contribution in [1.29, 1.82) is 0 Å². The van der Waals surface area contributed by atoms with Crippen LogP contribution in [0, 0.1) is 0 Å². The minimum atomic E-state index is -0.399. The molecule has 1 atom stereocenters. The molecule has 0 aliphatic heterocycles. The third kappa shape index (κ3) is 4.43. The van der Waals surface area contributed by atoms with Gasteiger partial charge in [0.15, 0.2) is 0 Å². The molecule has 0 bridgehead atoms. The van der Waals surface area contributed by atoms with Gasteiger partial charge in [-0.2, -0.15) is 0 Å². The van der Waals surface area contributed by atoms with Crippen LogP contribution in [0.25, 0.3) is 21.9 Å². The first-order valence-corrected chi connectivity index (χ1v) is 10.8. The van der Waals surface area contributed by atoms with E-state index in [2.05, 4.69) is 31.7 Å². The van der Waals surface area contributed by atoms with Crippen molar-refractivity contribution in [3.05, 3.63) is 90.3 Å². The lowest BCUT2D eigenvalue weighted by Gasteiger charge is -2.18. The Kier molecular flexibility index (Phi) is 5.72. The van der Waals surface area contributed by atoms with Crippen LogP contribution in [-0.4, -0.2) is 33.4 Å². The Morgan fingerprint density at radius 3 is 2.84 bits per heavy atom. The SMILES string of the molecule is O=C(NCCc1cnc[nH]1)C(Cc1c[nH]c2ccccc12)NCc1cc2ccccc2o1. The number of rotatable bonds is 9. The standard InChI is InChI=1S/C25H25N5O2/c31-25(27-10-9-19-14-26-16-30-19)23(12-18-13-28-22-7-3-2-6-21(18)22)29-15-20-11-17-5-1-4-8-24(17)32-20/h1-8,11,13-14,16,23,28-29H,9-10,12,15H2,(H,26,30)(H,27,31). The number of aromatic amines is 2. The fraction of sp³-hybridized carbons (Fsp3) is 0.200. The van der Waals surface area contributed by atoms with E-state index < -0.39 is 6.04 Å². The number of hydrogen-bond acceptors (Lipinski definition) is 4. The van der Waals surface area contributed by atoms with E-state index >= 15 is 0 Å². The predicted octanol–water partition coefficient (Wildman–Crippen LogP) is 3.70. The molecule has 0 saturated carbocycles. The van der Waals surface area contributed by atoms with Crippen LogP contribution in [-0.2, 0) is 24.2 Å². The van der Waals surface area contributed by atoms with Gasteiger partial charge < -0.3 is 19.7 Å². The van der Waals surface area contributed by atoms with Crippen molar-refractivity contribution in [1.82, 2.24) is 25.6 Å². The molecule has 4 N–H and O–H groups in total. The molecule has 7 heteroatoms. The second-order valence-electron chi connectivity index (χ2n) is 7.87. The summed E-state index contributed by atoms with van der Waals surface area (Å²) >= 11 is 0. The van der Waals surface area contributed by atoms with Gasteiger partial charge in [-0.05, 0) is 30.2 Å². The van der Waals surface area contributed by atoms with Gasteiger partial charge in [0.2, 0.25) is 5.91 Å². The number of furan rings is 1. The number of hydrogen-bond donors (Lipinski definition) is 4. The molecule has 0 aliphatic rings. The molecule has 3 heterocycles. The average molecular weight is 428 g/mol. The lowest BCUT2D eigenvalue weighted by molar-refractivity contribution is -0.123. The van der Waals surface area contributed by atoms with E-state index in [0.29, 0.717) is 25.9 Å². The van der Waals surface area contributed by atoms with Crippen molar-refractivity contribution in [2.45, 2.75) is 25.4 Å². The fourth-order valence-electron chi connectivity index (χ4n) is 3.99. The van der Waals surface area contributed by atoms with Crippen molar-refractivity contribution in [2.75, 3.05) is 6.54 Å². The molecule has 0 fully saturated rings. The van der Waals surface area contributed by atoms with Crippen molar-refractivity contribution in [3.8, 4) is 0 Å². The van der Waals surface area contributed by atoms with Crippen LogP contribution >= 0.6 is 0 Å². The van der Waals surface area contributed by atoms with E-state index in [1.54, 1.807) is 12.5 Å². The minimum absolute atomic E-state index is 0.0362. The van der Waals surface area contributed by atoms with Crippen LogP contribution in [0.15, 0.2) is 77.7 Å². The average Bonchev–Trinajstić information content (AvgIpc) is 3.56. The van der Waals surface area contributed by atoms with E-state index in [1.807, 2.05) is 54.7 Å². The summed E-state index contributed by atoms with van der Waals surface area (Å²) < 4.78 is 5.92. The zero-order valence-corrected chi connectivity index (χ0v) is 17.6. The molecule has 1 amide bonds. The molecule has 3 aromatic heterocycles. The number of amides is 1. The number of benzene rings is 2. The highest BCUT2D eigenvalue weighted by Crippen LogP contribution is 2.21. The number of aromatic nitrogens is 3. The molecule has 0 aliphatic carbocycles. The second-order valence-corrected chi connectivity index (χ2v) is 7.87. The van der Waals surface area contributed by atoms with E-state index in [4.69, 9.17) is 4.42 Å². The van der Waals surface area contributed by atoms with Crippen molar-refractivity contribution >= 4 is 27.8 Å². The van der Waals surface area contributed by atoms with Gasteiger partial charge in [-0.15, -0.1) is 0 Å². The summed E-state index contributed by atoms with van der Waals surface area (Å²) in [5.41, 5.74) is 4.01. The van der Waals surface area contributed by atoms with Crippen LogP contribution < -0.4 is 10.6 Å². The highest BCUT2D eigenvalue weighted by molar-refractivity contribution is 5.86. The van der Waals surface area contributed by atoms with Crippen LogP contribution in [0.5, 0.6) is 0 Å². The highest BCUT2D eigenvalue weighted by atomic mass is 16.3. The predicted molar refractivity (Wildman–Crippen MR) is 124 cm³/mol. The Morgan fingerprint density at radius 1 is 1.09 bits per heavy atom. The van der Waals surface area contributed by atoms with Gasteiger partial charge >= 0.3 is 0 Å². The number of imidazole rings is 1. The van der Waals surface area contributed by atoms with E-state index in [1.165, 1.54) is 0 Å². The number of carbonyl (C=O) groups excluding carboxylic acids is 1. The molecular formula is C25H25N5O2. The number of nitrogens with one attached hydrogen (secondary N) is 4. The maximum atomic E-state index is 13.1. The van der Waals surface area contributed by atoms with Crippen LogP contribution in [0.4, 0.5) is 0 Å². The lowest BCUT2D eigenvalue weighted by atomic mass is 10.0. The quantitative estimate of drug-likeness (QED) is 0.288. The summed E-state index contributed by atoms with van der Waals surface area (Å²) in [7, 11) is 0. The number of H-pyrrole nitrogens is 2. The van der Waals surface area contributed by atoms with Crippen LogP contribution in [0.1, 0.15) is 17.0 Å². The third-order valence-electron chi connectivity index (χ3n) is 5.66. The number of fused-ring (bicyclic) bond motifs is 2. The first-order valence-electron chi connectivity index (χ1n) is 10.8. The van der Waals surface area contributed by atoms with E-state index in [-0.39, 0.29) is 5.91 Å². The molecule has 5 rings (SSSR count). The van der Waals surface area contributed by atoms with Crippen molar-refractivity contribution in [3.63, 3.8) is 0 Å². The molecule has 7 nitrogen and oxygen atoms in total. The lowest BCUT2D eigenvalue weighted by Crippen LogP contribution is -2.45. The first-order chi connectivity index (χ1) is 15.8. The molecule has 0 spiro atoms. The summed E-state index contributed by atoms with van der Waals surface area (Å²) in [5.74, 6) is 0.770. The second kappa shape index (κ2) is 9.11. The summed E-state index contributed by atoms with van der Waals surface area (Å²) in [5, 5.41) is 8.65. The third-order valence-corrected chi connectivity index (χ3v) is 5.66. The van der Waals surface area contributed by atoms with Crippen molar-refractivity contribution < 1.29 is 9.21 Å². The van der Waals surface area contributed by atoms with Crippen LogP contribution in [0.3, 0.4) is 0 Å². The molecule has 162 valence electrons. The fourth-order valence-corrected chi connectivity index (χ4v) is 3.99. The van der Waals surface area contributed by atoms with Gasteiger partial charge in [0, 0.05) is 47.3 Å². The Labute approximate surface area is 185 Å². The highest BCUT2D eigenvalue weighted by Gasteiger charge is 2.20. The maximum Gasteiger partial charge on any atom is 0.237 e. The summed E-state index contributed by atoms with van der Waals surface area (Å²) in [4.78, 5) is 23.5. The molecule has 32 heavy (non-hydrogen) atoms. The normalized spacial score (nSPS) is 12.4. The maximum absolute atomic E-state index is 13.1. The van der Waals surface area contributed by atoms with Gasteiger partial charge in [-0.1, -0.05) is 36.4 Å². The minimum Gasteiger partial charge on any atom is -0.460 e. The molecule has 0 radical (unpaired) electrons. The van der Waals surface area contributed by atoms with Crippen LogP contribution in [0.2, 0.25) is 0 Å². The monoisotopic (exact) mass is 427 g/mol. The van der Waals surface area contributed by atoms with Gasteiger partial charge in [-0.3, -0.25) is 10.1 Å².